The van der Waals surface area contributed by atoms with E-state index in [9.17, 15) is 14.7 Å². The number of fused-ring (bicyclic) bond motifs is 1. The number of carbonyl (C=O) groups excluding carboxylic acids is 1. The third-order valence-electron chi connectivity index (χ3n) is 8.47. The Kier molecular flexibility index (Phi) is 11.7. The van der Waals surface area contributed by atoms with Crippen LogP contribution in [0.1, 0.15) is 71.3 Å². The fourth-order valence-electron chi connectivity index (χ4n) is 6.38. The summed E-state index contributed by atoms with van der Waals surface area (Å²) in [5.74, 6) is -0.162. The lowest BCUT2D eigenvalue weighted by Gasteiger charge is -2.34. The van der Waals surface area contributed by atoms with Gasteiger partial charge in [0.2, 0.25) is 18.4 Å². The van der Waals surface area contributed by atoms with Crippen LogP contribution in [-0.2, 0) is 9.59 Å². The molecule has 2 aliphatic rings. The molecule has 236 valence electrons. The average molecular weight is 589 g/mol. The van der Waals surface area contributed by atoms with Gasteiger partial charge in [0, 0.05) is 31.6 Å². The van der Waals surface area contributed by atoms with E-state index in [0.717, 1.165) is 55.4 Å². The molecule has 1 aromatic carbocycles. The number of carbonyl (C=O) groups is 2. The molecule has 1 saturated heterocycles. The highest BCUT2D eigenvalue weighted by atomic mass is 16.7. The van der Waals surface area contributed by atoms with Crippen LogP contribution in [0.2, 0.25) is 0 Å². The molecular weight excluding hydrogens is 534 g/mol. The number of likely N-dealkylation sites (tertiary alicyclic amines) is 1. The number of benzene rings is 1. The van der Waals surface area contributed by atoms with Gasteiger partial charge in [-0.25, -0.2) is 0 Å². The summed E-state index contributed by atoms with van der Waals surface area (Å²) in [6.45, 7) is 11.7. The largest absolute Gasteiger partial charge is 0.493 e. The van der Waals surface area contributed by atoms with Crippen LogP contribution in [0.4, 0.5) is 0 Å². The van der Waals surface area contributed by atoms with Gasteiger partial charge in [-0.15, -0.1) is 0 Å². The normalized spacial score (nSPS) is 20.8. The quantitative estimate of drug-likeness (QED) is 0.165. The minimum absolute atomic E-state index is 0.0793. The molecule has 0 aromatic heterocycles. The highest BCUT2D eigenvalue weighted by Gasteiger charge is 2.49. The molecule has 0 bridgehead atoms. The van der Waals surface area contributed by atoms with Crippen molar-refractivity contribution in [2.24, 2.45) is 11.3 Å². The van der Waals surface area contributed by atoms with Gasteiger partial charge in [-0.3, -0.25) is 14.5 Å². The molecule has 3 rings (SSSR count). The molecule has 9 nitrogen and oxygen atoms in total. The van der Waals surface area contributed by atoms with E-state index in [0.29, 0.717) is 30.2 Å². The molecule has 0 spiro atoms. The third-order valence-corrected chi connectivity index (χ3v) is 8.47. The summed E-state index contributed by atoms with van der Waals surface area (Å²) >= 11 is 0. The number of allylic oxidation sites excluding steroid dienone is 2. The minimum Gasteiger partial charge on any atom is -0.493 e. The van der Waals surface area contributed by atoms with Crippen LogP contribution in [0.3, 0.4) is 0 Å². The monoisotopic (exact) mass is 588 g/mol. The van der Waals surface area contributed by atoms with E-state index in [4.69, 9.17) is 14.2 Å². The van der Waals surface area contributed by atoms with E-state index in [1.54, 1.807) is 7.11 Å². The zero-order chi connectivity index (χ0) is 31.1. The van der Waals surface area contributed by atoms with Crippen molar-refractivity contribution in [3.63, 3.8) is 0 Å². The van der Waals surface area contributed by atoms with E-state index in [-0.39, 0.29) is 36.6 Å². The van der Waals surface area contributed by atoms with Crippen molar-refractivity contribution in [3.8, 4) is 17.2 Å². The van der Waals surface area contributed by atoms with Gasteiger partial charge < -0.3 is 28.7 Å². The standard InChI is InChI=1S/C33H53N3O6/c1-9-11-15-34(16-12-13-17-36(5,6)7)29(37)22-35-21-25(24-18-27(40-8)31-28(19-24)41-23-42-31)30(32(38)39)26(35)20-33(3,4)14-10-2/h10,14,18-19,25-26,30H,9,11-13,15-17,20-23H2,1-8H3/p+1/t25-,26+,30-/m1/s1. The number of quaternary nitrogens is 1. The smallest absolute Gasteiger partial charge is 0.308 e. The summed E-state index contributed by atoms with van der Waals surface area (Å²) in [5.41, 5.74) is 0.596. The zero-order valence-corrected chi connectivity index (χ0v) is 27.1. The molecule has 3 atom stereocenters. The number of unbranched alkanes of at least 4 members (excludes halogenated alkanes) is 2. The summed E-state index contributed by atoms with van der Waals surface area (Å²) < 4.78 is 17.7. The highest BCUT2D eigenvalue weighted by Crippen LogP contribution is 2.48. The van der Waals surface area contributed by atoms with E-state index < -0.39 is 11.9 Å². The maximum atomic E-state index is 13.9. The Morgan fingerprint density at radius 2 is 1.88 bits per heavy atom. The van der Waals surface area contributed by atoms with Crippen molar-refractivity contribution < 1.29 is 33.4 Å². The first-order valence-electron chi connectivity index (χ1n) is 15.5. The Morgan fingerprint density at radius 3 is 2.50 bits per heavy atom. The van der Waals surface area contributed by atoms with Crippen molar-refractivity contribution in [1.82, 2.24) is 9.80 Å². The minimum atomic E-state index is -0.851. The molecule has 0 radical (unpaired) electrons. The van der Waals surface area contributed by atoms with Crippen LogP contribution < -0.4 is 14.2 Å². The lowest BCUT2D eigenvalue weighted by atomic mass is 9.77. The Bertz CT molecular complexity index is 1100. The summed E-state index contributed by atoms with van der Waals surface area (Å²) in [7, 11) is 8.14. The molecule has 1 amide bonds. The van der Waals surface area contributed by atoms with Crippen molar-refractivity contribution in [1.29, 1.82) is 0 Å². The molecule has 0 aliphatic carbocycles. The van der Waals surface area contributed by atoms with Crippen LogP contribution >= 0.6 is 0 Å². The lowest BCUT2D eigenvalue weighted by Crippen LogP contribution is -2.46. The summed E-state index contributed by atoms with van der Waals surface area (Å²) in [6, 6.07) is 3.44. The second-order valence-corrected chi connectivity index (χ2v) is 13.6. The molecule has 2 heterocycles. The lowest BCUT2D eigenvalue weighted by molar-refractivity contribution is -0.870. The van der Waals surface area contributed by atoms with Gasteiger partial charge in [-0.1, -0.05) is 39.3 Å². The fraction of sp³-hybridized carbons (Fsp3) is 0.697. The number of carboxylic acid groups (broad SMARTS) is 1. The number of methoxy groups -OCH3 is 1. The number of rotatable bonds is 16. The van der Waals surface area contributed by atoms with Crippen molar-refractivity contribution in [2.45, 2.75) is 71.8 Å². The highest BCUT2D eigenvalue weighted by molar-refractivity contribution is 5.79. The second kappa shape index (κ2) is 14.6. The summed E-state index contributed by atoms with van der Waals surface area (Å²) in [4.78, 5) is 31.0. The Hall–Kier alpha value is -2.78. The fourth-order valence-corrected chi connectivity index (χ4v) is 6.38. The number of nitrogens with zero attached hydrogens (tertiary/aromatic N) is 3. The van der Waals surface area contributed by atoms with Crippen molar-refractivity contribution in [2.75, 3.05) is 67.8 Å². The van der Waals surface area contributed by atoms with Crippen molar-refractivity contribution >= 4 is 11.9 Å². The van der Waals surface area contributed by atoms with Gasteiger partial charge in [0.1, 0.15) is 0 Å². The van der Waals surface area contributed by atoms with E-state index in [1.165, 1.54) is 0 Å². The first-order chi connectivity index (χ1) is 19.8. The van der Waals surface area contributed by atoms with Gasteiger partial charge in [0.15, 0.2) is 11.5 Å². The first kappa shape index (κ1) is 33.7. The van der Waals surface area contributed by atoms with E-state index >= 15 is 0 Å². The number of aliphatic carboxylic acids is 1. The number of hydrogen-bond acceptors (Lipinski definition) is 6. The van der Waals surface area contributed by atoms with Crippen LogP contribution in [0.5, 0.6) is 17.2 Å². The molecule has 1 fully saturated rings. The molecule has 1 N–H and O–H groups in total. The predicted molar refractivity (Wildman–Crippen MR) is 165 cm³/mol. The molecule has 0 unspecified atom stereocenters. The van der Waals surface area contributed by atoms with Crippen LogP contribution in [0, 0.1) is 11.3 Å². The summed E-state index contributed by atoms with van der Waals surface area (Å²) in [6.07, 6.45) is 8.75. The number of amides is 1. The molecule has 0 saturated carbocycles. The Balaban J connectivity index is 1.91. The van der Waals surface area contributed by atoms with Gasteiger partial charge in [0.25, 0.3) is 0 Å². The van der Waals surface area contributed by atoms with Crippen LogP contribution in [0.25, 0.3) is 0 Å². The Morgan fingerprint density at radius 1 is 1.17 bits per heavy atom. The van der Waals surface area contributed by atoms with E-state index in [1.807, 2.05) is 30.0 Å². The maximum absolute atomic E-state index is 13.9. The third kappa shape index (κ3) is 8.86. The molecule has 9 heteroatoms. The number of hydrogen-bond donors (Lipinski definition) is 1. The van der Waals surface area contributed by atoms with E-state index in [2.05, 4.69) is 52.9 Å². The average Bonchev–Trinajstić information content (AvgIpc) is 3.51. The van der Waals surface area contributed by atoms with Gasteiger partial charge in [-0.2, -0.15) is 0 Å². The molecule has 1 aromatic rings. The van der Waals surface area contributed by atoms with Crippen LogP contribution in [-0.4, -0.2) is 105 Å². The topological polar surface area (TPSA) is 88.5 Å². The number of ether oxygens (including phenoxy) is 3. The SMILES string of the molecule is CC=CC(C)(C)C[C@H]1[C@H](C(=O)O)[C@@H](c2cc(OC)c3c(c2)OCO3)CN1CC(=O)N(CCCC)CCCC[N+](C)(C)C. The molecule has 42 heavy (non-hydrogen) atoms. The van der Waals surface area contributed by atoms with Gasteiger partial charge in [0.05, 0.1) is 47.3 Å². The first-order valence-corrected chi connectivity index (χ1v) is 15.5. The number of carboxylic acids is 1. The predicted octanol–water partition coefficient (Wildman–Crippen LogP) is 5.00. The molecule has 2 aliphatic heterocycles. The Labute approximate surface area is 253 Å². The molecular formula is C33H54N3O6+. The maximum Gasteiger partial charge on any atom is 0.308 e. The van der Waals surface area contributed by atoms with Crippen LogP contribution in [0.15, 0.2) is 24.3 Å². The zero-order valence-electron chi connectivity index (χ0n) is 27.1. The summed E-state index contributed by atoms with van der Waals surface area (Å²) in [5, 5.41) is 10.6. The van der Waals surface area contributed by atoms with Gasteiger partial charge >= 0.3 is 5.97 Å². The van der Waals surface area contributed by atoms with Gasteiger partial charge in [-0.05, 0) is 55.7 Å². The second-order valence-electron chi connectivity index (χ2n) is 13.6. The van der Waals surface area contributed by atoms with Crippen molar-refractivity contribution in [3.05, 3.63) is 29.8 Å².